The average Bonchev–Trinajstić information content (AvgIpc) is 3.00. The van der Waals surface area contributed by atoms with E-state index in [4.69, 9.17) is 16.3 Å². The van der Waals surface area contributed by atoms with E-state index < -0.39 is 0 Å². The number of halogens is 2. The van der Waals surface area contributed by atoms with E-state index in [1.54, 1.807) is 4.57 Å². The first kappa shape index (κ1) is 21.8. The van der Waals surface area contributed by atoms with Gasteiger partial charge in [-0.1, -0.05) is 29.8 Å². The number of nitrogens with one attached hydrogen (secondary N) is 1. The number of benzene rings is 1. The van der Waals surface area contributed by atoms with Crippen molar-refractivity contribution in [1.82, 2.24) is 14.9 Å². The van der Waals surface area contributed by atoms with E-state index in [9.17, 15) is 9.59 Å². The van der Waals surface area contributed by atoms with Crippen LogP contribution in [-0.4, -0.2) is 35.1 Å². The maximum atomic E-state index is 12.9. The Morgan fingerprint density at radius 2 is 1.90 bits per heavy atom. The standard InChI is InChI=1S/C21H25BrClN3O3/c1-13-3-5-15(6-4-13)12-26-17(18(22)25-21(26)23)19(27)24-11-14-7-9-16(10-8-14)20(28)29-2/h3-6,14,16H,7-12H2,1-2H3,(H,24,27)/t14-,16-. The summed E-state index contributed by atoms with van der Waals surface area (Å²) in [5.41, 5.74) is 2.63. The van der Waals surface area contributed by atoms with Crippen LogP contribution in [0.5, 0.6) is 0 Å². The number of methoxy groups -OCH3 is 1. The van der Waals surface area contributed by atoms with Gasteiger partial charge < -0.3 is 14.6 Å². The van der Waals surface area contributed by atoms with Crippen molar-refractivity contribution in [2.45, 2.75) is 39.2 Å². The summed E-state index contributed by atoms with van der Waals surface area (Å²) in [7, 11) is 1.43. The number of hydrogen-bond acceptors (Lipinski definition) is 4. The fraction of sp³-hybridized carbons (Fsp3) is 0.476. The summed E-state index contributed by atoms with van der Waals surface area (Å²) >= 11 is 9.64. The number of aryl methyl sites for hydroxylation is 1. The smallest absolute Gasteiger partial charge is 0.308 e. The van der Waals surface area contributed by atoms with Crippen LogP contribution in [0.4, 0.5) is 0 Å². The number of amides is 1. The highest BCUT2D eigenvalue weighted by Gasteiger charge is 2.28. The second kappa shape index (κ2) is 9.76. The number of hydrogen-bond donors (Lipinski definition) is 1. The number of rotatable bonds is 6. The molecule has 1 saturated carbocycles. The van der Waals surface area contributed by atoms with E-state index in [1.165, 1.54) is 12.7 Å². The summed E-state index contributed by atoms with van der Waals surface area (Å²) in [6.07, 6.45) is 3.39. The van der Waals surface area contributed by atoms with E-state index in [2.05, 4.69) is 26.2 Å². The molecule has 0 bridgehead atoms. The predicted molar refractivity (Wildman–Crippen MR) is 115 cm³/mol. The molecule has 1 fully saturated rings. The lowest BCUT2D eigenvalue weighted by atomic mass is 9.82. The van der Waals surface area contributed by atoms with Crippen LogP contribution in [0.25, 0.3) is 0 Å². The molecule has 2 aromatic rings. The van der Waals surface area contributed by atoms with Crippen LogP contribution >= 0.6 is 27.5 Å². The van der Waals surface area contributed by atoms with Gasteiger partial charge in [0.25, 0.3) is 5.91 Å². The van der Waals surface area contributed by atoms with Gasteiger partial charge in [0.2, 0.25) is 5.28 Å². The lowest BCUT2D eigenvalue weighted by molar-refractivity contribution is -0.146. The molecule has 1 N–H and O–H groups in total. The Morgan fingerprint density at radius 1 is 1.24 bits per heavy atom. The van der Waals surface area contributed by atoms with Gasteiger partial charge >= 0.3 is 5.97 Å². The Balaban J connectivity index is 1.62. The van der Waals surface area contributed by atoms with Gasteiger partial charge in [0.15, 0.2) is 0 Å². The third-order valence-electron chi connectivity index (χ3n) is 5.49. The lowest BCUT2D eigenvalue weighted by Gasteiger charge is -2.27. The van der Waals surface area contributed by atoms with E-state index in [-0.39, 0.29) is 23.1 Å². The molecule has 0 atom stereocenters. The largest absolute Gasteiger partial charge is 0.469 e. The van der Waals surface area contributed by atoms with Crippen molar-refractivity contribution in [2.24, 2.45) is 11.8 Å². The van der Waals surface area contributed by atoms with Crippen LogP contribution < -0.4 is 5.32 Å². The molecule has 8 heteroatoms. The predicted octanol–water partition coefficient (Wildman–Crippen LogP) is 4.36. The Kier molecular flexibility index (Phi) is 7.35. The maximum Gasteiger partial charge on any atom is 0.308 e. The highest BCUT2D eigenvalue weighted by molar-refractivity contribution is 9.10. The van der Waals surface area contributed by atoms with Crippen LogP contribution in [-0.2, 0) is 16.1 Å². The number of ether oxygens (including phenoxy) is 1. The van der Waals surface area contributed by atoms with Crippen molar-refractivity contribution in [3.63, 3.8) is 0 Å². The number of carbonyl (C=O) groups excluding carboxylic acids is 2. The van der Waals surface area contributed by atoms with Gasteiger partial charge in [0, 0.05) is 6.54 Å². The molecule has 1 aliphatic carbocycles. The molecule has 0 radical (unpaired) electrons. The summed E-state index contributed by atoms with van der Waals surface area (Å²) in [4.78, 5) is 28.7. The van der Waals surface area contributed by atoms with E-state index in [1.807, 2.05) is 31.2 Å². The second-order valence-corrected chi connectivity index (χ2v) is 8.63. The number of aromatic nitrogens is 2. The molecule has 1 aromatic carbocycles. The highest BCUT2D eigenvalue weighted by atomic mass is 79.9. The molecular weight excluding hydrogens is 458 g/mol. The fourth-order valence-electron chi connectivity index (χ4n) is 3.72. The van der Waals surface area contributed by atoms with Crippen molar-refractivity contribution in [3.8, 4) is 0 Å². The minimum absolute atomic E-state index is 0.0177. The van der Waals surface area contributed by atoms with E-state index >= 15 is 0 Å². The van der Waals surface area contributed by atoms with Crippen molar-refractivity contribution >= 4 is 39.4 Å². The molecule has 1 aromatic heterocycles. The molecule has 1 aliphatic rings. The van der Waals surface area contributed by atoms with Crippen LogP contribution in [0.15, 0.2) is 28.9 Å². The van der Waals surface area contributed by atoms with Gasteiger partial charge in [-0.05, 0) is 71.6 Å². The zero-order chi connectivity index (χ0) is 21.0. The molecule has 29 heavy (non-hydrogen) atoms. The molecule has 0 unspecified atom stereocenters. The van der Waals surface area contributed by atoms with Crippen LogP contribution in [0.2, 0.25) is 5.28 Å². The molecule has 1 heterocycles. The summed E-state index contributed by atoms with van der Waals surface area (Å²) < 4.78 is 6.97. The highest BCUT2D eigenvalue weighted by Crippen LogP contribution is 2.29. The average molecular weight is 483 g/mol. The summed E-state index contributed by atoms with van der Waals surface area (Å²) in [6, 6.07) is 8.08. The Bertz CT molecular complexity index is 874. The Hall–Kier alpha value is -1.86. The van der Waals surface area contributed by atoms with Gasteiger partial charge in [0.1, 0.15) is 10.3 Å². The summed E-state index contributed by atoms with van der Waals surface area (Å²) in [5, 5.41) is 3.28. The van der Waals surface area contributed by atoms with Gasteiger partial charge in [-0.15, -0.1) is 0 Å². The van der Waals surface area contributed by atoms with Crippen molar-refractivity contribution in [3.05, 3.63) is 51.0 Å². The van der Waals surface area contributed by atoms with Crippen LogP contribution in [0.3, 0.4) is 0 Å². The monoisotopic (exact) mass is 481 g/mol. The van der Waals surface area contributed by atoms with Gasteiger partial charge in [-0.25, -0.2) is 4.98 Å². The summed E-state index contributed by atoms with van der Waals surface area (Å²) in [6.45, 7) is 3.05. The first-order valence-electron chi connectivity index (χ1n) is 9.72. The van der Waals surface area contributed by atoms with Gasteiger partial charge in [-0.2, -0.15) is 0 Å². The Morgan fingerprint density at radius 3 is 2.52 bits per heavy atom. The first-order valence-corrected chi connectivity index (χ1v) is 10.9. The normalized spacial score (nSPS) is 19.0. The molecule has 0 aliphatic heterocycles. The summed E-state index contributed by atoms with van der Waals surface area (Å²) in [5.74, 6) is -0.0111. The number of imidazole rings is 1. The van der Waals surface area contributed by atoms with E-state index in [0.717, 1.165) is 31.2 Å². The molecule has 3 rings (SSSR count). The molecule has 0 saturated heterocycles. The maximum absolute atomic E-state index is 12.9. The molecule has 0 spiro atoms. The molecule has 156 valence electrons. The quantitative estimate of drug-likeness (QED) is 0.621. The number of nitrogens with zero attached hydrogens (tertiary/aromatic N) is 2. The third kappa shape index (κ3) is 5.39. The van der Waals surface area contributed by atoms with Crippen LogP contribution in [0.1, 0.15) is 47.3 Å². The van der Waals surface area contributed by atoms with Crippen LogP contribution in [0, 0.1) is 18.8 Å². The molecular formula is C21H25BrClN3O3. The topological polar surface area (TPSA) is 73.2 Å². The molecule has 1 amide bonds. The zero-order valence-electron chi connectivity index (χ0n) is 16.6. The van der Waals surface area contributed by atoms with Gasteiger partial charge in [-0.3, -0.25) is 9.59 Å². The Labute approximate surface area is 184 Å². The van der Waals surface area contributed by atoms with Crippen molar-refractivity contribution in [2.75, 3.05) is 13.7 Å². The van der Waals surface area contributed by atoms with E-state index in [0.29, 0.717) is 29.3 Å². The van der Waals surface area contributed by atoms with Crippen molar-refractivity contribution in [1.29, 1.82) is 0 Å². The number of esters is 1. The third-order valence-corrected chi connectivity index (χ3v) is 6.33. The zero-order valence-corrected chi connectivity index (χ0v) is 18.9. The minimum Gasteiger partial charge on any atom is -0.469 e. The lowest BCUT2D eigenvalue weighted by Crippen LogP contribution is -2.34. The SMILES string of the molecule is COC(=O)[C@H]1CC[C@H](CNC(=O)c2c(Br)nc(Cl)n2Cc2ccc(C)cc2)CC1. The fourth-order valence-corrected chi connectivity index (χ4v) is 4.62. The minimum atomic E-state index is -0.210. The van der Waals surface area contributed by atoms with Gasteiger partial charge in [0.05, 0.1) is 19.6 Å². The first-order chi connectivity index (χ1) is 13.9. The van der Waals surface area contributed by atoms with Crippen molar-refractivity contribution < 1.29 is 14.3 Å². The second-order valence-electron chi connectivity index (χ2n) is 7.54. The molecule has 6 nitrogen and oxygen atoms in total. The number of carbonyl (C=O) groups is 2.